The summed E-state index contributed by atoms with van der Waals surface area (Å²) in [4.78, 5) is 10.9. The first kappa shape index (κ1) is 15.5. The van der Waals surface area contributed by atoms with E-state index in [1.54, 1.807) is 19.1 Å². The molecule has 0 aliphatic rings. The highest BCUT2D eigenvalue weighted by molar-refractivity contribution is 7.14. The molecular weight excluding hydrogens is 288 g/mol. The van der Waals surface area contributed by atoms with Gasteiger partial charge in [0.15, 0.2) is 5.01 Å². The van der Waals surface area contributed by atoms with E-state index in [0.717, 1.165) is 30.9 Å². The van der Waals surface area contributed by atoms with E-state index in [-0.39, 0.29) is 10.6 Å². The third-order valence-corrected chi connectivity index (χ3v) is 4.13. The Morgan fingerprint density at radius 2 is 2.19 bits per heavy atom. The quantitative estimate of drug-likeness (QED) is 0.483. The molecule has 0 bridgehead atoms. The van der Waals surface area contributed by atoms with Crippen LogP contribution in [0.4, 0.5) is 5.69 Å². The largest absolute Gasteiger partial charge is 0.317 e. The van der Waals surface area contributed by atoms with Crippen molar-refractivity contribution in [2.75, 3.05) is 13.1 Å². The van der Waals surface area contributed by atoms with Crippen molar-refractivity contribution >= 4 is 17.0 Å². The van der Waals surface area contributed by atoms with Crippen LogP contribution in [0.2, 0.25) is 0 Å². The molecule has 0 unspecified atom stereocenters. The number of hydrogen-bond acceptors (Lipinski definition) is 6. The zero-order valence-corrected chi connectivity index (χ0v) is 12.9. The summed E-state index contributed by atoms with van der Waals surface area (Å²) in [5.74, 6) is 0. The van der Waals surface area contributed by atoms with Crippen molar-refractivity contribution in [3.8, 4) is 10.6 Å². The Hall–Kier alpha value is -1.86. The van der Waals surface area contributed by atoms with Crippen LogP contribution in [0, 0.1) is 17.0 Å². The van der Waals surface area contributed by atoms with Crippen LogP contribution in [0.3, 0.4) is 0 Å². The maximum absolute atomic E-state index is 11.2. The van der Waals surface area contributed by atoms with E-state index in [2.05, 4.69) is 22.4 Å². The van der Waals surface area contributed by atoms with Gasteiger partial charge in [-0.15, -0.1) is 10.2 Å². The second kappa shape index (κ2) is 7.24. The van der Waals surface area contributed by atoms with Crippen molar-refractivity contribution in [1.29, 1.82) is 0 Å². The Morgan fingerprint density at radius 3 is 2.90 bits per heavy atom. The molecule has 0 amide bonds. The minimum atomic E-state index is -0.350. The van der Waals surface area contributed by atoms with Crippen LogP contribution in [0.15, 0.2) is 18.2 Å². The lowest BCUT2D eigenvalue weighted by molar-refractivity contribution is -0.384. The van der Waals surface area contributed by atoms with Crippen LogP contribution in [0.1, 0.15) is 23.9 Å². The van der Waals surface area contributed by atoms with Crippen molar-refractivity contribution in [1.82, 2.24) is 15.5 Å². The molecule has 1 aromatic heterocycles. The highest BCUT2D eigenvalue weighted by Crippen LogP contribution is 2.34. The topological polar surface area (TPSA) is 81.0 Å². The summed E-state index contributed by atoms with van der Waals surface area (Å²) in [6.07, 6.45) is 1.82. The third-order valence-electron chi connectivity index (χ3n) is 3.11. The van der Waals surface area contributed by atoms with Gasteiger partial charge in [-0.2, -0.15) is 0 Å². The summed E-state index contributed by atoms with van der Waals surface area (Å²) >= 11 is 1.43. The van der Waals surface area contributed by atoms with Gasteiger partial charge >= 0.3 is 0 Å². The van der Waals surface area contributed by atoms with Crippen molar-refractivity contribution in [2.45, 2.75) is 26.7 Å². The van der Waals surface area contributed by atoms with Gasteiger partial charge < -0.3 is 5.32 Å². The Morgan fingerprint density at radius 1 is 1.38 bits per heavy atom. The minimum absolute atomic E-state index is 0.118. The molecule has 0 saturated carbocycles. The zero-order chi connectivity index (χ0) is 15.2. The van der Waals surface area contributed by atoms with Gasteiger partial charge in [0.2, 0.25) is 0 Å². The van der Waals surface area contributed by atoms with Gasteiger partial charge in [-0.3, -0.25) is 10.1 Å². The second-order valence-electron chi connectivity index (χ2n) is 4.69. The number of aromatic nitrogens is 2. The van der Waals surface area contributed by atoms with Gasteiger partial charge in [0, 0.05) is 12.0 Å². The maximum atomic E-state index is 11.2. The van der Waals surface area contributed by atoms with Crippen molar-refractivity contribution in [2.24, 2.45) is 0 Å². The molecule has 6 nitrogen and oxygen atoms in total. The first-order valence-electron chi connectivity index (χ1n) is 6.91. The van der Waals surface area contributed by atoms with Crippen LogP contribution in [-0.4, -0.2) is 28.2 Å². The molecule has 2 aromatic rings. The van der Waals surface area contributed by atoms with Crippen molar-refractivity contribution < 1.29 is 4.92 Å². The van der Waals surface area contributed by atoms with E-state index in [1.807, 2.05) is 6.07 Å². The maximum Gasteiger partial charge on any atom is 0.282 e. The summed E-state index contributed by atoms with van der Waals surface area (Å²) in [5.41, 5.74) is 1.31. The molecule has 21 heavy (non-hydrogen) atoms. The fourth-order valence-corrected chi connectivity index (χ4v) is 2.99. The summed E-state index contributed by atoms with van der Waals surface area (Å²) in [7, 11) is 0. The molecule has 112 valence electrons. The first-order valence-corrected chi connectivity index (χ1v) is 7.72. The standard InChI is InChI=1S/C14H18N4O2S/c1-3-15-9-5-8-12-16-17-14(21-12)11-7-4-6-10(2)13(11)18(19)20/h4,6-7,15H,3,5,8-9H2,1-2H3. The van der Waals surface area contributed by atoms with Crippen LogP contribution in [-0.2, 0) is 6.42 Å². The van der Waals surface area contributed by atoms with Crippen LogP contribution in [0.5, 0.6) is 0 Å². The number of rotatable bonds is 7. The highest BCUT2D eigenvalue weighted by Gasteiger charge is 2.21. The number of nitrogens with zero attached hydrogens (tertiary/aromatic N) is 3. The Balaban J connectivity index is 2.18. The molecule has 2 rings (SSSR count). The van der Waals surface area contributed by atoms with Gasteiger partial charge in [-0.1, -0.05) is 30.4 Å². The number of nitro benzene ring substituents is 1. The number of benzene rings is 1. The van der Waals surface area contributed by atoms with Gasteiger partial charge in [-0.25, -0.2) is 0 Å². The van der Waals surface area contributed by atoms with Crippen LogP contribution < -0.4 is 5.32 Å². The summed E-state index contributed by atoms with van der Waals surface area (Å²) < 4.78 is 0. The van der Waals surface area contributed by atoms with Gasteiger partial charge in [0.1, 0.15) is 5.01 Å². The monoisotopic (exact) mass is 306 g/mol. The minimum Gasteiger partial charge on any atom is -0.317 e. The number of hydrogen-bond donors (Lipinski definition) is 1. The smallest absolute Gasteiger partial charge is 0.282 e. The highest BCUT2D eigenvalue weighted by atomic mass is 32.1. The predicted octanol–water partition coefficient (Wildman–Crippen LogP) is 2.96. The molecule has 0 radical (unpaired) electrons. The van der Waals surface area contributed by atoms with Crippen molar-refractivity contribution in [3.05, 3.63) is 38.9 Å². The Bertz CT molecular complexity index is 627. The van der Waals surface area contributed by atoms with E-state index >= 15 is 0 Å². The van der Waals surface area contributed by atoms with Gasteiger partial charge in [0.25, 0.3) is 5.69 Å². The van der Waals surface area contributed by atoms with Crippen LogP contribution >= 0.6 is 11.3 Å². The van der Waals surface area contributed by atoms with E-state index in [4.69, 9.17) is 0 Å². The molecule has 1 heterocycles. The first-order chi connectivity index (χ1) is 10.1. The SMILES string of the molecule is CCNCCCc1nnc(-c2cccc(C)c2[N+](=O)[O-])s1. The second-order valence-corrected chi connectivity index (χ2v) is 5.75. The summed E-state index contributed by atoms with van der Waals surface area (Å²) in [6, 6.07) is 5.28. The van der Waals surface area contributed by atoms with E-state index < -0.39 is 0 Å². The fourth-order valence-electron chi connectivity index (χ4n) is 2.08. The zero-order valence-electron chi connectivity index (χ0n) is 12.1. The Kier molecular flexibility index (Phi) is 5.35. The molecule has 0 aliphatic carbocycles. The molecule has 0 atom stereocenters. The molecule has 0 fully saturated rings. The average molecular weight is 306 g/mol. The van der Waals surface area contributed by atoms with Crippen molar-refractivity contribution in [3.63, 3.8) is 0 Å². The molecule has 7 heteroatoms. The average Bonchev–Trinajstić information content (AvgIpc) is 2.91. The molecule has 0 saturated heterocycles. The number of nitrogens with one attached hydrogen (secondary N) is 1. The fraction of sp³-hybridized carbons (Fsp3) is 0.429. The molecule has 0 spiro atoms. The lowest BCUT2D eigenvalue weighted by atomic mass is 10.1. The molecule has 0 aliphatic heterocycles. The normalized spacial score (nSPS) is 10.8. The van der Waals surface area contributed by atoms with Gasteiger partial charge in [0.05, 0.1) is 10.5 Å². The lowest BCUT2D eigenvalue weighted by Gasteiger charge is -2.01. The molecular formula is C14H18N4O2S. The van der Waals surface area contributed by atoms with Crippen LogP contribution in [0.25, 0.3) is 10.6 Å². The Labute approximate surface area is 127 Å². The number of aryl methyl sites for hydroxylation is 2. The van der Waals surface area contributed by atoms with E-state index in [0.29, 0.717) is 16.1 Å². The van der Waals surface area contributed by atoms with E-state index in [9.17, 15) is 10.1 Å². The predicted molar refractivity (Wildman–Crippen MR) is 83.6 cm³/mol. The number of para-hydroxylation sites is 1. The summed E-state index contributed by atoms with van der Waals surface area (Å²) in [6.45, 7) is 5.70. The van der Waals surface area contributed by atoms with Gasteiger partial charge in [-0.05, 0) is 32.5 Å². The molecule has 1 aromatic carbocycles. The lowest BCUT2D eigenvalue weighted by Crippen LogP contribution is -2.14. The summed E-state index contributed by atoms with van der Waals surface area (Å²) in [5, 5.41) is 24.3. The van der Waals surface area contributed by atoms with E-state index in [1.165, 1.54) is 11.3 Å². The third kappa shape index (κ3) is 3.83. The molecule has 1 N–H and O–H groups in total. The number of nitro groups is 1.